The van der Waals surface area contributed by atoms with Gasteiger partial charge in [-0.15, -0.1) is 0 Å². The first-order valence-corrected chi connectivity index (χ1v) is 5.54. The molecule has 88 valence electrons. The highest BCUT2D eigenvalue weighted by Crippen LogP contribution is 2.26. The number of carbonyl (C=O) groups is 2. The fourth-order valence-corrected chi connectivity index (χ4v) is 2.05. The second-order valence-corrected chi connectivity index (χ2v) is 3.73. The van der Waals surface area contributed by atoms with Crippen molar-refractivity contribution in [3.8, 4) is 0 Å². The topological polar surface area (TPSA) is 57.6 Å². The third-order valence-electron chi connectivity index (χ3n) is 2.74. The van der Waals surface area contributed by atoms with Gasteiger partial charge >= 0.3 is 5.97 Å². The first-order valence-electron chi connectivity index (χ1n) is 5.54. The number of hydrogen-bond donors (Lipinski definition) is 1. The number of nitrogens with zero attached hydrogens (tertiary/aromatic N) is 1. The van der Waals surface area contributed by atoms with Crippen LogP contribution < -0.4 is 0 Å². The van der Waals surface area contributed by atoms with E-state index in [4.69, 9.17) is 0 Å². The number of rotatable bonds is 8. The summed E-state index contributed by atoms with van der Waals surface area (Å²) in [4.78, 5) is 23.7. The normalized spacial score (nSPS) is 11.1. The third kappa shape index (κ3) is 2.94. The third-order valence-corrected chi connectivity index (χ3v) is 2.74. The standard InChI is InChI=1S/C11H21NO3/c1-4-7-11(8-5-2,10(14)15)12(6-3)9-13/h9H,4-8H2,1-3H3,(H,14,15). The number of carboxylic acids is 1. The number of aliphatic carboxylic acids is 1. The van der Waals surface area contributed by atoms with E-state index in [1.165, 1.54) is 4.90 Å². The van der Waals surface area contributed by atoms with Gasteiger partial charge in [0.05, 0.1) is 0 Å². The number of likely N-dealkylation sites (N-methyl/N-ethyl adjacent to an activating group) is 1. The molecule has 0 saturated heterocycles. The van der Waals surface area contributed by atoms with Gasteiger partial charge in [-0.3, -0.25) is 4.79 Å². The Morgan fingerprint density at radius 2 is 1.73 bits per heavy atom. The largest absolute Gasteiger partial charge is 0.479 e. The van der Waals surface area contributed by atoms with Gasteiger partial charge in [0.25, 0.3) is 0 Å². The van der Waals surface area contributed by atoms with Crippen LogP contribution in [0.4, 0.5) is 0 Å². The molecule has 0 aliphatic heterocycles. The lowest BCUT2D eigenvalue weighted by Crippen LogP contribution is -2.54. The number of amides is 1. The maximum Gasteiger partial charge on any atom is 0.329 e. The Hall–Kier alpha value is -1.06. The Morgan fingerprint density at radius 1 is 1.27 bits per heavy atom. The highest BCUT2D eigenvalue weighted by atomic mass is 16.4. The molecule has 0 saturated carbocycles. The van der Waals surface area contributed by atoms with Crippen LogP contribution in [-0.2, 0) is 9.59 Å². The van der Waals surface area contributed by atoms with Crippen molar-refractivity contribution in [3.05, 3.63) is 0 Å². The van der Waals surface area contributed by atoms with Crippen LogP contribution in [0.2, 0.25) is 0 Å². The molecule has 0 rings (SSSR count). The van der Waals surface area contributed by atoms with Crippen molar-refractivity contribution in [2.75, 3.05) is 6.54 Å². The predicted octanol–water partition coefficient (Wildman–Crippen LogP) is 1.89. The fourth-order valence-electron chi connectivity index (χ4n) is 2.05. The molecule has 15 heavy (non-hydrogen) atoms. The molecule has 4 nitrogen and oxygen atoms in total. The molecule has 0 bridgehead atoms. The second kappa shape index (κ2) is 6.43. The van der Waals surface area contributed by atoms with Gasteiger partial charge in [0.1, 0.15) is 5.54 Å². The summed E-state index contributed by atoms with van der Waals surface area (Å²) in [6.07, 6.45) is 3.21. The molecule has 0 aromatic heterocycles. The van der Waals surface area contributed by atoms with E-state index in [-0.39, 0.29) is 0 Å². The van der Waals surface area contributed by atoms with E-state index in [1.807, 2.05) is 13.8 Å². The molecule has 0 aliphatic rings. The molecule has 0 heterocycles. The summed E-state index contributed by atoms with van der Waals surface area (Å²) in [6, 6.07) is 0. The smallest absolute Gasteiger partial charge is 0.329 e. The van der Waals surface area contributed by atoms with Gasteiger partial charge in [-0.05, 0) is 19.8 Å². The molecule has 0 fully saturated rings. The summed E-state index contributed by atoms with van der Waals surface area (Å²) in [5.41, 5.74) is -1.00. The molecule has 0 aromatic carbocycles. The lowest BCUT2D eigenvalue weighted by atomic mass is 9.87. The zero-order chi connectivity index (χ0) is 11.9. The molecule has 1 N–H and O–H groups in total. The fraction of sp³-hybridized carbons (Fsp3) is 0.818. The first-order chi connectivity index (χ1) is 7.08. The monoisotopic (exact) mass is 215 g/mol. The lowest BCUT2D eigenvalue weighted by Gasteiger charge is -2.37. The SMILES string of the molecule is CCCC(CCC)(C(=O)O)N(C=O)CC. The molecule has 0 radical (unpaired) electrons. The van der Waals surface area contributed by atoms with Gasteiger partial charge in [0.2, 0.25) is 6.41 Å². The van der Waals surface area contributed by atoms with E-state index in [0.717, 1.165) is 12.8 Å². The maximum absolute atomic E-state index is 11.4. The Balaban J connectivity index is 5.07. The zero-order valence-corrected chi connectivity index (χ0v) is 9.82. The van der Waals surface area contributed by atoms with E-state index < -0.39 is 11.5 Å². The average Bonchev–Trinajstić information content (AvgIpc) is 2.19. The lowest BCUT2D eigenvalue weighted by molar-refractivity contribution is -0.156. The second-order valence-electron chi connectivity index (χ2n) is 3.73. The van der Waals surface area contributed by atoms with Gasteiger partial charge in [0.15, 0.2) is 0 Å². The Bertz CT molecular complexity index is 210. The summed E-state index contributed by atoms with van der Waals surface area (Å²) in [7, 11) is 0. The van der Waals surface area contributed by atoms with Crippen LogP contribution in [-0.4, -0.2) is 34.5 Å². The van der Waals surface area contributed by atoms with Crippen molar-refractivity contribution in [3.63, 3.8) is 0 Å². The van der Waals surface area contributed by atoms with Crippen LogP contribution in [0.1, 0.15) is 46.5 Å². The zero-order valence-electron chi connectivity index (χ0n) is 9.82. The van der Waals surface area contributed by atoms with Crippen molar-refractivity contribution in [2.45, 2.75) is 52.0 Å². The molecular weight excluding hydrogens is 194 g/mol. The minimum atomic E-state index is -1.00. The summed E-state index contributed by atoms with van der Waals surface area (Å²) in [5.74, 6) is -0.889. The van der Waals surface area contributed by atoms with Gasteiger partial charge in [-0.25, -0.2) is 4.79 Å². The van der Waals surface area contributed by atoms with E-state index in [1.54, 1.807) is 6.92 Å². The minimum Gasteiger partial charge on any atom is -0.479 e. The van der Waals surface area contributed by atoms with Crippen molar-refractivity contribution >= 4 is 12.4 Å². The quantitative estimate of drug-likeness (QED) is 0.629. The van der Waals surface area contributed by atoms with Gasteiger partial charge in [0, 0.05) is 6.54 Å². The van der Waals surface area contributed by atoms with Crippen LogP contribution in [0.25, 0.3) is 0 Å². The van der Waals surface area contributed by atoms with Crippen LogP contribution in [0.5, 0.6) is 0 Å². The highest BCUT2D eigenvalue weighted by molar-refractivity contribution is 5.81. The van der Waals surface area contributed by atoms with E-state index in [0.29, 0.717) is 25.8 Å². The van der Waals surface area contributed by atoms with E-state index in [2.05, 4.69) is 0 Å². The van der Waals surface area contributed by atoms with Gasteiger partial charge < -0.3 is 10.0 Å². The maximum atomic E-state index is 11.4. The first kappa shape index (κ1) is 13.9. The number of hydrogen-bond acceptors (Lipinski definition) is 2. The van der Waals surface area contributed by atoms with Crippen molar-refractivity contribution in [1.29, 1.82) is 0 Å². The Labute approximate surface area is 91.3 Å². The summed E-state index contributed by atoms with van der Waals surface area (Å²) in [5, 5.41) is 9.32. The van der Waals surface area contributed by atoms with Gasteiger partial charge in [-0.1, -0.05) is 26.7 Å². The molecule has 0 aliphatic carbocycles. The van der Waals surface area contributed by atoms with Gasteiger partial charge in [-0.2, -0.15) is 0 Å². The van der Waals surface area contributed by atoms with E-state index >= 15 is 0 Å². The Morgan fingerprint density at radius 3 is 1.93 bits per heavy atom. The van der Waals surface area contributed by atoms with Crippen LogP contribution in [0.15, 0.2) is 0 Å². The van der Waals surface area contributed by atoms with Crippen LogP contribution >= 0.6 is 0 Å². The molecule has 0 unspecified atom stereocenters. The molecule has 4 heteroatoms. The molecule has 0 aromatic rings. The summed E-state index contributed by atoms with van der Waals surface area (Å²) in [6.45, 7) is 6.12. The minimum absolute atomic E-state index is 0.440. The predicted molar refractivity (Wildman–Crippen MR) is 58.6 cm³/mol. The average molecular weight is 215 g/mol. The molecular formula is C11H21NO3. The van der Waals surface area contributed by atoms with Crippen LogP contribution in [0, 0.1) is 0 Å². The van der Waals surface area contributed by atoms with E-state index in [9.17, 15) is 14.7 Å². The summed E-state index contributed by atoms with van der Waals surface area (Å²) < 4.78 is 0. The Kier molecular flexibility index (Phi) is 5.97. The van der Waals surface area contributed by atoms with Crippen molar-refractivity contribution in [2.24, 2.45) is 0 Å². The highest BCUT2D eigenvalue weighted by Gasteiger charge is 2.41. The molecule has 0 spiro atoms. The number of carboxylic acid groups (broad SMARTS) is 1. The molecule has 1 amide bonds. The summed E-state index contributed by atoms with van der Waals surface area (Å²) >= 11 is 0. The van der Waals surface area contributed by atoms with Crippen molar-refractivity contribution in [1.82, 2.24) is 4.90 Å². The van der Waals surface area contributed by atoms with Crippen molar-refractivity contribution < 1.29 is 14.7 Å². The molecule has 0 atom stereocenters. The number of carbonyl (C=O) groups excluding carboxylic acids is 1. The van der Waals surface area contributed by atoms with Crippen LogP contribution in [0.3, 0.4) is 0 Å².